The van der Waals surface area contributed by atoms with Crippen molar-refractivity contribution in [2.24, 2.45) is 0 Å². The summed E-state index contributed by atoms with van der Waals surface area (Å²) in [4.78, 5) is 29.6. The van der Waals surface area contributed by atoms with Crippen molar-refractivity contribution in [2.75, 3.05) is 25.7 Å². The molecule has 1 amide bonds. The predicted molar refractivity (Wildman–Crippen MR) is 82.6 cm³/mol. The maximum atomic E-state index is 12.3. The van der Waals surface area contributed by atoms with Crippen LogP contribution >= 0.6 is 23.1 Å². The van der Waals surface area contributed by atoms with E-state index in [9.17, 15) is 9.59 Å². The molecule has 0 bridgehead atoms. The number of nitrogens with zero attached hydrogens (tertiary/aromatic N) is 2. The molecular weight excluding hydrogens is 296 g/mol. The molecule has 1 atom stereocenters. The van der Waals surface area contributed by atoms with Crippen molar-refractivity contribution in [3.8, 4) is 0 Å². The third-order valence-electron chi connectivity index (χ3n) is 2.87. The molecule has 5 nitrogen and oxygen atoms in total. The summed E-state index contributed by atoms with van der Waals surface area (Å²) in [7, 11) is 1.77. The molecule has 1 unspecified atom stereocenters. The van der Waals surface area contributed by atoms with Gasteiger partial charge in [0, 0.05) is 24.2 Å². The Morgan fingerprint density at radius 1 is 1.50 bits per heavy atom. The second kappa shape index (κ2) is 8.26. The summed E-state index contributed by atoms with van der Waals surface area (Å²) < 4.78 is 4.87. The van der Waals surface area contributed by atoms with Gasteiger partial charge >= 0.3 is 5.97 Å². The maximum absolute atomic E-state index is 12.3. The number of amides is 1. The van der Waals surface area contributed by atoms with Crippen LogP contribution in [-0.2, 0) is 4.74 Å². The molecule has 0 saturated carbocycles. The molecule has 0 spiro atoms. The summed E-state index contributed by atoms with van der Waals surface area (Å²) in [6.07, 6.45) is 2.90. The van der Waals surface area contributed by atoms with E-state index in [0.29, 0.717) is 12.3 Å². The second-order valence-corrected chi connectivity index (χ2v) is 5.96. The third kappa shape index (κ3) is 4.21. The highest BCUT2D eigenvalue weighted by atomic mass is 32.2. The Kier molecular flexibility index (Phi) is 7.01. The van der Waals surface area contributed by atoms with E-state index in [-0.39, 0.29) is 17.0 Å². The van der Waals surface area contributed by atoms with Crippen LogP contribution in [0.3, 0.4) is 0 Å². The summed E-state index contributed by atoms with van der Waals surface area (Å²) in [5.74, 6) is 0.251. The first-order valence-corrected chi connectivity index (χ1v) is 8.71. The Balaban J connectivity index is 2.79. The maximum Gasteiger partial charge on any atom is 0.367 e. The van der Waals surface area contributed by atoms with Crippen molar-refractivity contribution in [3.05, 3.63) is 16.1 Å². The number of thiazole rings is 1. The van der Waals surface area contributed by atoms with Crippen molar-refractivity contribution < 1.29 is 14.3 Å². The molecule has 112 valence electrons. The molecule has 20 heavy (non-hydrogen) atoms. The van der Waals surface area contributed by atoms with E-state index < -0.39 is 5.97 Å². The van der Waals surface area contributed by atoms with Gasteiger partial charge in [-0.2, -0.15) is 11.8 Å². The lowest BCUT2D eigenvalue weighted by Gasteiger charge is -2.26. The van der Waals surface area contributed by atoms with Crippen molar-refractivity contribution in [1.29, 1.82) is 0 Å². The van der Waals surface area contributed by atoms with E-state index in [1.807, 2.05) is 6.26 Å². The Labute approximate surface area is 127 Å². The Morgan fingerprint density at radius 3 is 2.75 bits per heavy atom. The first-order chi connectivity index (χ1) is 9.54. The normalized spacial score (nSPS) is 12.0. The van der Waals surface area contributed by atoms with Crippen molar-refractivity contribution in [2.45, 2.75) is 26.3 Å². The van der Waals surface area contributed by atoms with Crippen LogP contribution in [0.4, 0.5) is 0 Å². The number of thioether (sulfide) groups is 1. The topological polar surface area (TPSA) is 59.5 Å². The zero-order valence-corrected chi connectivity index (χ0v) is 13.8. The monoisotopic (exact) mass is 316 g/mol. The second-order valence-electron chi connectivity index (χ2n) is 4.19. The van der Waals surface area contributed by atoms with Gasteiger partial charge in [0.25, 0.3) is 5.91 Å². The molecule has 0 N–H and O–H groups in total. The molecule has 1 rings (SSSR count). The molecule has 1 aromatic rings. The minimum Gasteiger partial charge on any atom is -0.461 e. The molecule has 0 saturated heterocycles. The van der Waals surface area contributed by atoms with Crippen molar-refractivity contribution in [3.63, 3.8) is 0 Å². The van der Waals surface area contributed by atoms with Crippen LogP contribution in [-0.4, -0.2) is 53.5 Å². The minimum atomic E-state index is -0.477. The van der Waals surface area contributed by atoms with Gasteiger partial charge < -0.3 is 9.64 Å². The van der Waals surface area contributed by atoms with Crippen LogP contribution in [0, 0.1) is 0 Å². The zero-order chi connectivity index (χ0) is 15.1. The quantitative estimate of drug-likeness (QED) is 0.724. The first-order valence-electron chi connectivity index (χ1n) is 6.43. The van der Waals surface area contributed by atoms with E-state index in [2.05, 4.69) is 11.9 Å². The number of ether oxygens (including phenoxy) is 1. The molecule has 1 heterocycles. The summed E-state index contributed by atoms with van der Waals surface area (Å²) in [6, 6.07) is 0.172. The van der Waals surface area contributed by atoms with Gasteiger partial charge in [0.2, 0.25) is 5.01 Å². The highest BCUT2D eigenvalue weighted by Gasteiger charge is 2.23. The van der Waals surface area contributed by atoms with Crippen LogP contribution < -0.4 is 0 Å². The van der Waals surface area contributed by atoms with Crippen molar-refractivity contribution >= 4 is 35.0 Å². The lowest BCUT2D eigenvalue weighted by atomic mass is 10.2. The van der Waals surface area contributed by atoms with Crippen molar-refractivity contribution in [1.82, 2.24) is 9.88 Å². The number of esters is 1. The Morgan fingerprint density at radius 2 is 2.20 bits per heavy atom. The molecule has 0 fully saturated rings. The number of aromatic nitrogens is 1. The van der Waals surface area contributed by atoms with E-state index in [0.717, 1.165) is 23.5 Å². The minimum absolute atomic E-state index is 0.155. The molecule has 0 aliphatic heterocycles. The average molecular weight is 316 g/mol. The fourth-order valence-electron chi connectivity index (χ4n) is 1.70. The highest BCUT2D eigenvalue weighted by molar-refractivity contribution is 7.98. The fourth-order valence-corrected chi connectivity index (χ4v) is 3.23. The molecule has 0 aliphatic carbocycles. The van der Waals surface area contributed by atoms with Gasteiger partial charge in [-0.3, -0.25) is 4.79 Å². The van der Waals surface area contributed by atoms with Crippen LogP contribution in [0.15, 0.2) is 5.38 Å². The number of hydrogen-bond donors (Lipinski definition) is 0. The van der Waals surface area contributed by atoms with E-state index >= 15 is 0 Å². The lowest BCUT2D eigenvalue weighted by molar-refractivity contribution is 0.0526. The summed E-state index contributed by atoms with van der Waals surface area (Å²) >= 11 is 2.84. The SMILES string of the molecule is CCOC(=O)c1nc(C(=O)N(C)C(CC)CSC)cs1. The average Bonchev–Trinajstić information content (AvgIpc) is 2.93. The lowest BCUT2D eigenvalue weighted by Crippen LogP contribution is -2.38. The smallest absolute Gasteiger partial charge is 0.367 e. The van der Waals surface area contributed by atoms with E-state index in [1.165, 1.54) is 0 Å². The number of rotatable bonds is 7. The van der Waals surface area contributed by atoms with Gasteiger partial charge in [-0.25, -0.2) is 9.78 Å². The fraction of sp³-hybridized carbons (Fsp3) is 0.615. The van der Waals surface area contributed by atoms with Gasteiger partial charge in [0.15, 0.2) is 0 Å². The van der Waals surface area contributed by atoms with Crippen LogP contribution in [0.1, 0.15) is 40.6 Å². The third-order valence-corrected chi connectivity index (χ3v) is 4.41. The summed E-state index contributed by atoms with van der Waals surface area (Å²) in [6.45, 7) is 4.09. The van der Waals surface area contributed by atoms with Crippen LogP contribution in [0.25, 0.3) is 0 Å². The first kappa shape index (κ1) is 17.0. The molecule has 0 aliphatic rings. The van der Waals surface area contributed by atoms with E-state index in [4.69, 9.17) is 4.74 Å². The Bertz CT molecular complexity index is 462. The largest absolute Gasteiger partial charge is 0.461 e. The number of hydrogen-bond acceptors (Lipinski definition) is 6. The van der Waals surface area contributed by atoms with Gasteiger partial charge in [0.1, 0.15) is 5.69 Å². The standard InChI is InChI=1S/C13H20N2O3S2/c1-5-9(7-19-4)15(3)12(16)10-8-20-11(14-10)13(17)18-6-2/h8-9H,5-7H2,1-4H3. The molecular formula is C13H20N2O3S2. The molecule has 1 aromatic heterocycles. The summed E-state index contributed by atoms with van der Waals surface area (Å²) in [5, 5.41) is 1.83. The van der Waals surface area contributed by atoms with Gasteiger partial charge in [0.05, 0.1) is 6.61 Å². The number of carbonyl (C=O) groups is 2. The highest BCUT2D eigenvalue weighted by Crippen LogP contribution is 2.16. The van der Waals surface area contributed by atoms with E-state index in [1.54, 1.807) is 36.0 Å². The van der Waals surface area contributed by atoms with Gasteiger partial charge in [-0.05, 0) is 19.6 Å². The molecule has 0 radical (unpaired) electrons. The zero-order valence-electron chi connectivity index (χ0n) is 12.2. The number of carbonyl (C=O) groups excluding carboxylic acids is 2. The molecule has 0 aromatic carbocycles. The van der Waals surface area contributed by atoms with Crippen LogP contribution in [0.2, 0.25) is 0 Å². The molecule has 7 heteroatoms. The Hall–Kier alpha value is -1.08. The van der Waals surface area contributed by atoms with Crippen LogP contribution in [0.5, 0.6) is 0 Å². The summed E-state index contributed by atoms with van der Waals surface area (Å²) in [5.41, 5.74) is 0.306. The van der Waals surface area contributed by atoms with Gasteiger partial charge in [-0.1, -0.05) is 6.92 Å². The predicted octanol–water partition coefficient (Wildman–Crippen LogP) is 2.53. The van der Waals surface area contributed by atoms with Gasteiger partial charge in [-0.15, -0.1) is 11.3 Å².